The molecule has 0 spiro atoms. The first kappa shape index (κ1) is 16.2. The molecule has 0 aromatic heterocycles. The van der Waals surface area contributed by atoms with Crippen LogP contribution in [-0.2, 0) is 16.6 Å². The van der Waals surface area contributed by atoms with Gasteiger partial charge in [0, 0.05) is 24.7 Å². The van der Waals surface area contributed by atoms with Gasteiger partial charge in [0.1, 0.15) is 0 Å². The predicted octanol–water partition coefficient (Wildman–Crippen LogP) is 2.26. The van der Waals surface area contributed by atoms with Crippen molar-refractivity contribution < 1.29 is 8.42 Å². The fraction of sp³-hybridized carbons (Fsp3) is 0.385. The molecule has 0 atom stereocenters. The van der Waals surface area contributed by atoms with Crippen LogP contribution in [0.15, 0.2) is 35.7 Å². The van der Waals surface area contributed by atoms with Crippen LogP contribution in [0.1, 0.15) is 12.5 Å². The molecule has 1 aromatic carbocycles. The standard InChI is InChI=1S/C13H19ClN2O2S/c1-4-8-16(5-2)19(17,18)12-7-6-11(10-15-3)13(14)9-12/h4,6-7,9,15H,1,5,8,10H2,2-3H3. The molecule has 0 saturated carbocycles. The predicted molar refractivity (Wildman–Crippen MR) is 78.8 cm³/mol. The van der Waals surface area contributed by atoms with Crippen LogP contribution in [0, 0.1) is 0 Å². The van der Waals surface area contributed by atoms with Crippen LogP contribution in [0.5, 0.6) is 0 Å². The van der Waals surface area contributed by atoms with Crippen molar-refractivity contribution in [3.63, 3.8) is 0 Å². The summed E-state index contributed by atoms with van der Waals surface area (Å²) >= 11 is 6.10. The topological polar surface area (TPSA) is 49.4 Å². The van der Waals surface area contributed by atoms with Crippen LogP contribution < -0.4 is 5.32 Å². The monoisotopic (exact) mass is 302 g/mol. The molecular formula is C13H19ClN2O2S. The van der Waals surface area contributed by atoms with Crippen LogP contribution >= 0.6 is 11.6 Å². The van der Waals surface area contributed by atoms with Crippen molar-refractivity contribution in [1.82, 2.24) is 9.62 Å². The van der Waals surface area contributed by atoms with E-state index in [4.69, 9.17) is 11.6 Å². The van der Waals surface area contributed by atoms with E-state index in [0.29, 0.717) is 18.1 Å². The molecule has 0 aliphatic carbocycles. The van der Waals surface area contributed by atoms with E-state index in [1.807, 2.05) is 7.05 Å². The molecule has 106 valence electrons. The Morgan fingerprint density at radius 3 is 2.63 bits per heavy atom. The number of hydrogen-bond acceptors (Lipinski definition) is 3. The van der Waals surface area contributed by atoms with E-state index in [9.17, 15) is 8.42 Å². The van der Waals surface area contributed by atoms with E-state index in [1.54, 1.807) is 25.1 Å². The average molecular weight is 303 g/mol. The van der Waals surface area contributed by atoms with Crippen molar-refractivity contribution in [3.05, 3.63) is 41.4 Å². The Hall–Kier alpha value is -0.880. The van der Waals surface area contributed by atoms with Crippen molar-refractivity contribution in [1.29, 1.82) is 0 Å². The summed E-state index contributed by atoms with van der Waals surface area (Å²) in [6.07, 6.45) is 1.57. The third-order valence-corrected chi connectivity index (χ3v) is 5.00. The molecule has 6 heteroatoms. The first-order valence-corrected chi connectivity index (χ1v) is 7.83. The van der Waals surface area contributed by atoms with Crippen molar-refractivity contribution in [2.45, 2.75) is 18.4 Å². The lowest BCUT2D eigenvalue weighted by atomic mass is 10.2. The van der Waals surface area contributed by atoms with Crippen LogP contribution in [0.2, 0.25) is 5.02 Å². The summed E-state index contributed by atoms with van der Waals surface area (Å²) in [5.74, 6) is 0. The molecule has 0 saturated heterocycles. The number of nitrogens with one attached hydrogen (secondary N) is 1. The number of hydrogen-bond donors (Lipinski definition) is 1. The van der Waals surface area contributed by atoms with Gasteiger partial charge in [-0.05, 0) is 24.7 Å². The lowest BCUT2D eigenvalue weighted by Crippen LogP contribution is -2.31. The molecule has 19 heavy (non-hydrogen) atoms. The van der Waals surface area contributed by atoms with Gasteiger partial charge < -0.3 is 5.32 Å². The quantitative estimate of drug-likeness (QED) is 0.786. The number of likely N-dealkylation sites (N-methyl/N-ethyl adjacent to an activating group) is 1. The minimum atomic E-state index is -3.51. The van der Waals surface area contributed by atoms with Gasteiger partial charge in [0.15, 0.2) is 0 Å². The third kappa shape index (κ3) is 3.79. The van der Waals surface area contributed by atoms with E-state index in [2.05, 4.69) is 11.9 Å². The van der Waals surface area contributed by atoms with Gasteiger partial charge >= 0.3 is 0 Å². The number of benzene rings is 1. The van der Waals surface area contributed by atoms with Gasteiger partial charge in [0.25, 0.3) is 0 Å². The minimum Gasteiger partial charge on any atom is -0.316 e. The molecular weight excluding hydrogens is 284 g/mol. The maximum absolute atomic E-state index is 12.4. The fourth-order valence-electron chi connectivity index (χ4n) is 1.71. The lowest BCUT2D eigenvalue weighted by molar-refractivity contribution is 0.460. The Kier molecular flexibility index (Phi) is 6.00. The fourth-order valence-corrected chi connectivity index (χ4v) is 3.47. The molecule has 0 aliphatic rings. The smallest absolute Gasteiger partial charge is 0.243 e. The van der Waals surface area contributed by atoms with E-state index >= 15 is 0 Å². The number of rotatable bonds is 7. The summed E-state index contributed by atoms with van der Waals surface area (Å²) < 4.78 is 26.1. The molecule has 1 N–H and O–H groups in total. The minimum absolute atomic E-state index is 0.209. The van der Waals surface area contributed by atoms with Gasteiger partial charge in [-0.3, -0.25) is 0 Å². The largest absolute Gasteiger partial charge is 0.316 e. The van der Waals surface area contributed by atoms with Crippen molar-refractivity contribution in [3.8, 4) is 0 Å². The highest BCUT2D eigenvalue weighted by Gasteiger charge is 2.22. The first-order chi connectivity index (χ1) is 8.97. The second kappa shape index (κ2) is 7.05. The maximum Gasteiger partial charge on any atom is 0.243 e. The summed E-state index contributed by atoms with van der Waals surface area (Å²) in [5, 5.41) is 3.43. The van der Waals surface area contributed by atoms with E-state index in [0.717, 1.165) is 5.56 Å². The highest BCUT2D eigenvalue weighted by atomic mass is 35.5. The molecule has 0 bridgehead atoms. The maximum atomic E-state index is 12.4. The Labute approximate surface area is 120 Å². The summed E-state index contributed by atoms with van der Waals surface area (Å²) in [7, 11) is -1.70. The summed E-state index contributed by atoms with van der Waals surface area (Å²) in [6.45, 7) is 6.64. The van der Waals surface area contributed by atoms with Gasteiger partial charge in [0.05, 0.1) is 4.90 Å². The highest BCUT2D eigenvalue weighted by molar-refractivity contribution is 7.89. The van der Waals surface area contributed by atoms with Crippen molar-refractivity contribution in [2.75, 3.05) is 20.1 Å². The number of nitrogens with zero attached hydrogens (tertiary/aromatic N) is 1. The molecule has 0 heterocycles. The Balaban J connectivity index is 3.14. The lowest BCUT2D eigenvalue weighted by Gasteiger charge is -2.19. The molecule has 1 rings (SSSR count). The summed E-state index contributed by atoms with van der Waals surface area (Å²) in [5.41, 5.74) is 0.870. The molecule has 0 fully saturated rings. The molecule has 4 nitrogen and oxygen atoms in total. The first-order valence-electron chi connectivity index (χ1n) is 6.01. The Morgan fingerprint density at radius 2 is 2.16 bits per heavy atom. The zero-order chi connectivity index (χ0) is 14.5. The Morgan fingerprint density at radius 1 is 1.47 bits per heavy atom. The summed E-state index contributed by atoms with van der Waals surface area (Å²) in [6, 6.07) is 4.81. The SMILES string of the molecule is C=CCN(CC)S(=O)(=O)c1ccc(CNC)c(Cl)c1. The van der Waals surface area contributed by atoms with E-state index in [1.165, 1.54) is 10.4 Å². The second-order valence-electron chi connectivity index (χ2n) is 4.03. The van der Waals surface area contributed by atoms with Gasteiger partial charge in [-0.2, -0.15) is 4.31 Å². The van der Waals surface area contributed by atoms with Gasteiger partial charge in [-0.25, -0.2) is 8.42 Å². The van der Waals surface area contributed by atoms with Crippen LogP contribution in [0.4, 0.5) is 0 Å². The summed E-state index contributed by atoms with van der Waals surface area (Å²) in [4.78, 5) is 0.209. The van der Waals surface area contributed by atoms with Crippen molar-refractivity contribution in [2.24, 2.45) is 0 Å². The third-order valence-electron chi connectivity index (χ3n) is 2.71. The van der Waals surface area contributed by atoms with Gasteiger partial charge in [-0.15, -0.1) is 6.58 Å². The number of halogens is 1. The van der Waals surface area contributed by atoms with E-state index < -0.39 is 10.0 Å². The zero-order valence-electron chi connectivity index (χ0n) is 11.2. The number of sulfonamides is 1. The van der Waals surface area contributed by atoms with Gasteiger partial charge in [0.2, 0.25) is 10.0 Å². The molecule has 0 amide bonds. The molecule has 0 aliphatic heterocycles. The normalized spacial score (nSPS) is 11.8. The van der Waals surface area contributed by atoms with E-state index in [-0.39, 0.29) is 11.4 Å². The molecule has 0 unspecified atom stereocenters. The second-order valence-corrected chi connectivity index (χ2v) is 6.37. The highest BCUT2D eigenvalue weighted by Crippen LogP contribution is 2.23. The Bertz CT molecular complexity index is 544. The molecule has 0 radical (unpaired) electrons. The average Bonchev–Trinajstić information content (AvgIpc) is 2.38. The zero-order valence-corrected chi connectivity index (χ0v) is 12.8. The van der Waals surface area contributed by atoms with Crippen molar-refractivity contribution >= 4 is 21.6 Å². The molecule has 1 aromatic rings. The van der Waals surface area contributed by atoms with Crippen LogP contribution in [0.25, 0.3) is 0 Å². The van der Waals surface area contributed by atoms with Crippen LogP contribution in [-0.4, -0.2) is 32.9 Å². The van der Waals surface area contributed by atoms with Gasteiger partial charge in [-0.1, -0.05) is 30.7 Å². The van der Waals surface area contributed by atoms with Crippen LogP contribution in [0.3, 0.4) is 0 Å².